The van der Waals surface area contributed by atoms with Crippen LogP contribution in [0.25, 0.3) is 0 Å². The second-order valence-corrected chi connectivity index (χ2v) is 2.92. The summed E-state index contributed by atoms with van der Waals surface area (Å²) in [5, 5.41) is 20.5. The first kappa shape index (κ1) is 7.83. The molecule has 7 nitrogen and oxygen atoms in total. The molecule has 0 aliphatic heterocycles. The van der Waals surface area contributed by atoms with Crippen molar-refractivity contribution in [3.63, 3.8) is 0 Å². The van der Waals surface area contributed by atoms with Gasteiger partial charge in [-0.3, -0.25) is 9.93 Å². The summed E-state index contributed by atoms with van der Waals surface area (Å²) in [6.07, 6.45) is 0. The molecular formula is CH3N3O4Si. The highest BCUT2D eigenvalue weighted by Gasteiger charge is 2.33. The van der Waals surface area contributed by atoms with E-state index in [1.807, 2.05) is 0 Å². The molecule has 1 atom stereocenters. The van der Waals surface area contributed by atoms with E-state index in [-0.39, 0.29) is 0 Å². The van der Waals surface area contributed by atoms with Crippen molar-refractivity contribution in [2.75, 3.05) is 0 Å². The van der Waals surface area contributed by atoms with Gasteiger partial charge in [0, 0.05) is 0 Å². The number of nitriles is 1. The fraction of sp³-hybridized carbons (Fsp3) is 0. The third-order valence-corrected chi connectivity index (χ3v) is 1.12. The maximum Gasteiger partial charge on any atom is 0.573 e. The van der Waals surface area contributed by atoms with Crippen LogP contribution in [-0.4, -0.2) is 18.6 Å². The smallest absolute Gasteiger partial charge is 0.391 e. The number of rotatable bonds is 2. The van der Waals surface area contributed by atoms with Crippen LogP contribution in [0.15, 0.2) is 0 Å². The van der Waals surface area contributed by atoms with Crippen molar-refractivity contribution in [3.8, 4) is 5.69 Å². The second-order valence-electron chi connectivity index (χ2n) is 1.12. The molecule has 8 heteroatoms. The fourth-order valence-electron chi connectivity index (χ4n) is 0.134. The van der Waals surface area contributed by atoms with E-state index in [4.69, 9.17) is 10.1 Å². The minimum absolute atomic E-state index is 1.08. The lowest BCUT2D eigenvalue weighted by atomic mass is 11.8. The van der Waals surface area contributed by atoms with E-state index < -0.39 is 13.8 Å². The minimum Gasteiger partial charge on any atom is -0.391 e. The first-order chi connectivity index (χ1) is 3.98. The van der Waals surface area contributed by atoms with Gasteiger partial charge in [0.1, 0.15) is 5.69 Å². The zero-order valence-corrected chi connectivity index (χ0v) is 5.14. The molecule has 0 aromatic carbocycles. The Labute approximate surface area is 50.7 Å². The van der Waals surface area contributed by atoms with Crippen LogP contribution in [0.5, 0.6) is 0 Å². The average molecular weight is 149 g/mol. The molecule has 0 spiro atoms. The van der Waals surface area contributed by atoms with Crippen LogP contribution < -0.4 is 5.40 Å². The molecule has 0 aliphatic rings. The van der Waals surface area contributed by atoms with Crippen LogP contribution in [0.2, 0.25) is 0 Å². The molecule has 9 heavy (non-hydrogen) atoms. The summed E-state index contributed by atoms with van der Waals surface area (Å²) < 4.78 is 3.42. The van der Waals surface area contributed by atoms with E-state index in [2.05, 4.69) is 9.93 Å². The maximum atomic E-state index is 9.40. The molecule has 0 heterocycles. The van der Waals surface area contributed by atoms with Crippen molar-refractivity contribution in [2.45, 2.75) is 0 Å². The zero-order chi connectivity index (χ0) is 7.49. The molecule has 0 rings (SSSR count). The molecule has 1 unspecified atom stereocenters. The molecule has 0 amide bonds. The first-order valence-corrected chi connectivity index (χ1v) is 3.67. The summed E-state index contributed by atoms with van der Waals surface area (Å²) in [5.74, 6) is 0. The first-order valence-electron chi connectivity index (χ1n) is 1.74. The van der Waals surface area contributed by atoms with Crippen LogP contribution in [0.1, 0.15) is 0 Å². The van der Waals surface area contributed by atoms with Crippen LogP contribution in [0.4, 0.5) is 0 Å². The van der Waals surface area contributed by atoms with Crippen LogP contribution in [-0.2, 0) is 4.53 Å². The third-order valence-electron chi connectivity index (χ3n) is 0.374. The predicted octanol–water partition coefficient (Wildman–Crippen LogP) is -1.85. The van der Waals surface area contributed by atoms with Crippen molar-refractivity contribution < 1.29 is 14.4 Å². The van der Waals surface area contributed by atoms with Gasteiger partial charge < -0.3 is 4.80 Å². The van der Waals surface area contributed by atoms with Gasteiger partial charge in [-0.1, -0.05) is 0 Å². The summed E-state index contributed by atoms with van der Waals surface area (Å²) in [6.45, 7) is 0. The van der Waals surface area contributed by atoms with Gasteiger partial charge in [-0.2, -0.15) is 5.26 Å². The van der Waals surface area contributed by atoms with Gasteiger partial charge in [-0.05, 0) is 0 Å². The molecule has 0 aliphatic carbocycles. The van der Waals surface area contributed by atoms with E-state index in [0.717, 1.165) is 5.69 Å². The van der Waals surface area contributed by atoms with Crippen molar-refractivity contribution in [1.82, 2.24) is 0 Å². The summed E-state index contributed by atoms with van der Waals surface area (Å²) in [6, 6.07) is 0. The van der Waals surface area contributed by atoms with Crippen LogP contribution in [0, 0.1) is 21.1 Å². The Kier molecular flexibility index (Phi) is 2.09. The SMILES string of the molecule is N#C[Si](N)(O)O[N+](=O)[O-]. The van der Waals surface area contributed by atoms with Crippen molar-refractivity contribution in [3.05, 3.63) is 10.1 Å². The predicted molar refractivity (Wildman–Crippen MR) is 25.9 cm³/mol. The van der Waals surface area contributed by atoms with E-state index in [1.165, 1.54) is 0 Å². The Morgan fingerprint density at radius 2 is 2.44 bits per heavy atom. The van der Waals surface area contributed by atoms with Crippen molar-refractivity contribution >= 4 is 8.72 Å². The lowest BCUT2D eigenvalue weighted by Crippen LogP contribution is -2.49. The minimum atomic E-state index is -4.13. The molecule has 0 saturated carbocycles. The third kappa shape index (κ3) is 3.41. The summed E-state index contributed by atoms with van der Waals surface area (Å²) in [5.41, 5.74) is 1.08. The molecule has 0 saturated heterocycles. The topological polar surface area (TPSA) is 122 Å². The monoisotopic (exact) mass is 149 g/mol. The summed E-state index contributed by atoms with van der Waals surface area (Å²) in [7, 11) is -4.13. The van der Waals surface area contributed by atoms with Gasteiger partial charge >= 0.3 is 8.72 Å². The maximum absolute atomic E-state index is 9.40. The Hall–Kier alpha value is -1.17. The lowest BCUT2D eigenvalue weighted by Gasteiger charge is -2.03. The zero-order valence-electron chi connectivity index (χ0n) is 4.14. The molecule has 0 aromatic heterocycles. The van der Waals surface area contributed by atoms with Gasteiger partial charge in [0.25, 0.3) is 5.09 Å². The number of nitrogens with zero attached hydrogens (tertiary/aromatic N) is 2. The van der Waals surface area contributed by atoms with Crippen molar-refractivity contribution in [1.29, 1.82) is 5.26 Å². The molecule has 0 radical (unpaired) electrons. The van der Waals surface area contributed by atoms with Gasteiger partial charge in [-0.15, -0.1) is 10.1 Å². The second kappa shape index (κ2) is 2.40. The van der Waals surface area contributed by atoms with Crippen LogP contribution in [0.3, 0.4) is 0 Å². The highest BCUT2D eigenvalue weighted by atomic mass is 28.4. The standard InChI is InChI=1S/CH3N3O4Si/c2-1-9(3,7)8-4(5)6/h7H,3H2. The van der Waals surface area contributed by atoms with Gasteiger partial charge in [0.15, 0.2) is 0 Å². The van der Waals surface area contributed by atoms with E-state index in [1.54, 1.807) is 0 Å². The lowest BCUT2D eigenvalue weighted by molar-refractivity contribution is -0.723. The van der Waals surface area contributed by atoms with E-state index in [9.17, 15) is 10.1 Å². The average Bonchev–Trinajstić information content (AvgIpc) is 1.63. The highest BCUT2D eigenvalue weighted by molar-refractivity contribution is 6.70. The Morgan fingerprint density at radius 1 is 2.00 bits per heavy atom. The van der Waals surface area contributed by atoms with Gasteiger partial charge in [0.05, 0.1) is 0 Å². The van der Waals surface area contributed by atoms with Crippen LogP contribution >= 0.6 is 0 Å². The van der Waals surface area contributed by atoms with E-state index >= 15 is 0 Å². The highest BCUT2D eigenvalue weighted by Crippen LogP contribution is 1.86. The molecule has 3 N–H and O–H groups in total. The normalized spacial score (nSPS) is 15.2. The molecule has 0 bridgehead atoms. The van der Waals surface area contributed by atoms with Gasteiger partial charge in [-0.25, -0.2) is 0 Å². The fourth-order valence-corrected chi connectivity index (χ4v) is 0.402. The largest absolute Gasteiger partial charge is 0.573 e. The summed E-state index contributed by atoms with van der Waals surface area (Å²) in [4.78, 5) is 17.8. The number of nitrogens with two attached hydrogens (primary N) is 1. The molecular weight excluding hydrogens is 146 g/mol. The number of hydrogen-bond acceptors (Lipinski definition) is 6. The quantitative estimate of drug-likeness (QED) is 0.270. The van der Waals surface area contributed by atoms with Crippen molar-refractivity contribution in [2.24, 2.45) is 5.40 Å². The number of hydrogen-bond donors (Lipinski definition) is 2. The van der Waals surface area contributed by atoms with Gasteiger partial charge in [0.2, 0.25) is 0 Å². The van der Waals surface area contributed by atoms with E-state index in [0.29, 0.717) is 0 Å². The Balaban J connectivity index is 3.91. The summed E-state index contributed by atoms with van der Waals surface area (Å²) >= 11 is 0. The molecule has 0 aromatic rings. The Morgan fingerprint density at radius 3 is 2.56 bits per heavy atom. The Bertz CT molecular complexity index is 160. The molecule has 50 valence electrons. The molecule has 0 fully saturated rings.